The van der Waals surface area contributed by atoms with E-state index < -0.39 is 6.04 Å². The third-order valence-electron chi connectivity index (χ3n) is 4.00. The molecule has 2 atom stereocenters. The lowest BCUT2D eigenvalue weighted by Gasteiger charge is -2.16. The molecule has 3 heterocycles. The first-order valence-corrected chi connectivity index (χ1v) is 9.05. The highest BCUT2D eigenvalue weighted by molar-refractivity contribution is 7.71. The number of amides is 1. The fourth-order valence-electron chi connectivity index (χ4n) is 2.74. The van der Waals surface area contributed by atoms with Crippen LogP contribution in [0.5, 0.6) is 0 Å². The Morgan fingerprint density at radius 3 is 3.26 bits per heavy atom. The van der Waals surface area contributed by atoms with Gasteiger partial charge in [0, 0.05) is 13.2 Å². The molecule has 0 aliphatic carbocycles. The average Bonchev–Trinajstić information content (AvgIpc) is 3.27. The van der Waals surface area contributed by atoms with E-state index in [1.807, 2.05) is 24.4 Å². The van der Waals surface area contributed by atoms with Gasteiger partial charge in [0.25, 0.3) is 0 Å². The van der Waals surface area contributed by atoms with Gasteiger partial charge in [0.1, 0.15) is 6.04 Å². The Balaban J connectivity index is 1.65. The van der Waals surface area contributed by atoms with Crippen LogP contribution in [0.15, 0.2) is 17.5 Å². The number of aromatic nitrogens is 3. The minimum Gasteiger partial charge on any atom is -0.378 e. The average molecular weight is 352 g/mol. The lowest BCUT2D eigenvalue weighted by atomic mass is 10.2. The Hall–Kier alpha value is -1.51. The van der Waals surface area contributed by atoms with Crippen LogP contribution in [0.4, 0.5) is 0 Å². The number of nitrogens with one attached hydrogen (secondary N) is 2. The molecule has 0 unspecified atom stereocenters. The molecule has 1 amide bonds. The molecule has 8 heteroatoms. The van der Waals surface area contributed by atoms with E-state index in [9.17, 15) is 4.79 Å². The SMILES string of the molecule is C[C@H](C(=O)NCC[C@H]1CCCO1)n1c(-c2cccs2)n[nH]c1=S. The lowest BCUT2D eigenvalue weighted by Crippen LogP contribution is -2.33. The van der Waals surface area contributed by atoms with E-state index in [1.54, 1.807) is 15.9 Å². The van der Waals surface area contributed by atoms with Crippen molar-refractivity contribution in [1.82, 2.24) is 20.1 Å². The maximum atomic E-state index is 12.4. The van der Waals surface area contributed by atoms with Crippen molar-refractivity contribution in [3.63, 3.8) is 0 Å². The van der Waals surface area contributed by atoms with Gasteiger partial charge in [-0.05, 0) is 49.9 Å². The number of ether oxygens (including phenoxy) is 1. The maximum absolute atomic E-state index is 12.4. The molecule has 2 aromatic heterocycles. The first-order chi connectivity index (χ1) is 11.2. The van der Waals surface area contributed by atoms with E-state index >= 15 is 0 Å². The van der Waals surface area contributed by atoms with Crippen LogP contribution < -0.4 is 5.32 Å². The summed E-state index contributed by atoms with van der Waals surface area (Å²) in [6.45, 7) is 3.29. The zero-order chi connectivity index (χ0) is 16.2. The number of nitrogens with zero attached hydrogens (tertiary/aromatic N) is 2. The van der Waals surface area contributed by atoms with Gasteiger partial charge in [-0.25, -0.2) is 0 Å². The topological polar surface area (TPSA) is 71.9 Å². The minimum atomic E-state index is -0.414. The molecule has 0 bridgehead atoms. The van der Waals surface area contributed by atoms with Gasteiger partial charge in [-0.1, -0.05) is 6.07 Å². The van der Waals surface area contributed by atoms with Crippen molar-refractivity contribution in [1.29, 1.82) is 0 Å². The van der Waals surface area contributed by atoms with Crippen molar-refractivity contribution >= 4 is 29.5 Å². The third kappa shape index (κ3) is 3.70. The van der Waals surface area contributed by atoms with E-state index in [4.69, 9.17) is 17.0 Å². The minimum absolute atomic E-state index is 0.0571. The first kappa shape index (κ1) is 16.4. The number of hydrogen-bond acceptors (Lipinski definition) is 5. The number of H-pyrrole nitrogens is 1. The van der Waals surface area contributed by atoms with Gasteiger partial charge >= 0.3 is 0 Å². The van der Waals surface area contributed by atoms with Gasteiger partial charge in [0.2, 0.25) is 5.91 Å². The molecule has 2 aromatic rings. The molecule has 1 saturated heterocycles. The summed E-state index contributed by atoms with van der Waals surface area (Å²) in [6, 6.07) is 3.51. The number of hydrogen-bond donors (Lipinski definition) is 2. The third-order valence-corrected chi connectivity index (χ3v) is 5.16. The van der Waals surface area contributed by atoms with Gasteiger partial charge < -0.3 is 10.1 Å². The van der Waals surface area contributed by atoms with Gasteiger partial charge in [0.15, 0.2) is 10.6 Å². The fourth-order valence-corrected chi connectivity index (χ4v) is 3.74. The maximum Gasteiger partial charge on any atom is 0.242 e. The van der Waals surface area contributed by atoms with Crippen molar-refractivity contribution in [3.05, 3.63) is 22.3 Å². The molecule has 124 valence electrons. The molecule has 0 saturated carbocycles. The van der Waals surface area contributed by atoms with Crippen LogP contribution in [0.25, 0.3) is 10.7 Å². The summed E-state index contributed by atoms with van der Waals surface area (Å²) in [6.07, 6.45) is 3.33. The number of aromatic amines is 1. The molecule has 1 aliphatic heterocycles. The van der Waals surface area contributed by atoms with E-state index in [-0.39, 0.29) is 12.0 Å². The second-order valence-electron chi connectivity index (χ2n) is 5.59. The van der Waals surface area contributed by atoms with E-state index in [1.165, 1.54) is 0 Å². The Bertz CT molecular complexity index is 701. The lowest BCUT2D eigenvalue weighted by molar-refractivity contribution is -0.123. The van der Waals surface area contributed by atoms with Crippen LogP contribution in [0.2, 0.25) is 0 Å². The predicted octanol–water partition coefficient (Wildman–Crippen LogP) is 2.92. The molecule has 0 aromatic carbocycles. The van der Waals surface area contributed by atoms with Gasteiger partial charge in [-0.3, -0.25) is 14.5 Å². The Morgan fingerprint density at radius 2 is 2.57 bits per heavy atom. The highest BCUT2D eigenvalue weighted by Gasteiger charge is 2.22. The summed E-state index contributed by atoms with van der Waals surface area (Å²) in [7, 11) is 0. The Morgan fingerprint density at radius 1 is 1.70 bits per heavy atom. The number of rotatable bonds is 6. The molecule has 3 rings (SSSR count). The van der Waals surface area contributed by atoms with Crippen LogP contribution in [-0.4, -0.2) is 39.9 Å². The van der Waals surface area contributed by atoms with Crippen molar-refractivity contribution in [2.45, 2.75) is 38.3 Å². The summed E-state index contributed by atoms with van der Waals surface area (Å²) < 4.78 is 7.79. The van der Waals surface area contributed by atoms with Crippen LogP contribution in [0, 0.1) is 4.77 Å². The molecule has 1 aliphatic rings. The highest BCUT2D eigenvalue weighted by Crippen LogP contribution is 2.25. The molecule has 0 radical (unpaired) electrons. The summed E-state index contributed by atoms with van der Waals surface area (Å²) >= 11 is 6.86. The predicted molar refractivity (Wildman–Crippen MR) is 92.0 cm³/mol. The fraction of sp³-hybridized carbons (Fsp3) is 0.533. The summed E-state index contributed by atoms with van der Waals surface area (Å²) in [5.74, 6) is 0.644. The van der Waals surface area contributed by atoms with E-state index in [0.29, 0.717) is 17.1 Å². The Kier molecular flexibility index (Phi) is 5.24. The molecular weight excluding hydrogens is 332 g/mol. The van der Waals surface area contributed by atoms with Gasteiger partial charge in [0.05, 0.1) is 11.0 Å². The standard InChI is InChI=1S/C15H20N4O2S2/c1-10(14(20)16-7-6-11-4-2-8-21-11)19-13(17-18-15(19)22)12-5-3-9-23-12/h3,5,9-11H,2,4,6-8H2,1H3,(H,16,20)(H,18,22)/t10-,11-/m1/s1. The molecule has 2 N–H and O–H groups in total. The van der Waals surface area contributed by atoms with Crippen LogP contribution >= 0.6 is 23.6 Å². The van der Waals surface area contributed by atoms with Crippen molar-refractivity contribution in [3.8, 4) is 10.7 Å². The zero-order valence-electron chi connectivity index (χ0n) is 12.9. The smallest absolute Gasteiger partial charge is 0.242 e. The molecule has 0 spiro atoms. The highest BCUT2D eigenvalue weighted by atomic mass is 32.1. The molecule has 23 heavy (non-hydrogen) atoms. The molecule has 1 fully saturated rings. The van der Waals surface area contributed by atoms with Crippen molar-refractivity contribution in [2.24, 2.45) is 0 Å². The van der Waals surface area contributed by atoms with Crippen LogP contribution in [0.1, 0.15) is 32.2 Å². The number of carbonyl (C=O) groups is 1. The number of thiophene rings is 1. The van der Waals surface area contributed by atoms with Gasteiger partial charge in [-0.15, -0.1) is 11.3 Å². The Labute approximate surface area is 143 Å². The van der Waals surface area contributed by atoms with Crippen LogP contribution in [0.3, 0.4) is 0 Å². The monoisotopic (exact) mass is 352 g/mol. The van der Waals surface area contributed by atoms with E-state index in [0.717, 1.165) is 30.7 Å². The largest absolute Gasteiger partial charge is 0.378 e. The quantitative estimate of drug-likeness (QED) is 0.784. The van der Waals surface area contributed by atoms with Crippen LogP contribution in [-0.2, 0) is 9.53 Å². The summed E-state index contributed by atoms with van der Waals surface area (Å²) in [5.41, 5.74) is 0. The van der Waals surface area contributed by atoms with E-state index in [2.05, 4.69) is 15.5 Å². The summed E-state index contributed by atoms with van der Waals surface area (Å²) in [4.78, 5) is 13.4. The van der Waals surface area contributed by atoms with Gasteiger partial charge in [-0.2, -0.15) is 5.10 Å². The summed E-state index contributed by atoms with van der Waals surface area (Å²) in [5, 5.41) is 12.0. The molecule has 6 nitrogen and oxygen atoms in total. The van der Waals surface area contributed by atoms with Crippen molar-refractivity contribution < 1.29 is 9.53 Å². The van der Waals surface area contributed by atoms with Crippen molar-refractivity contribution in [2.75, 3.05) is 13.2 Å². The normalized spacial score (nSPS) is 18.9. The second kappa shape index (κ2) is 7.37. The first-order valence-electron chi connectivity index (χ1n) is 7.77. The molecular formula is C15H20N4O2S2. The number of carbonyl (C=O) groups excluding carboxylic acids is 1. The second-order valence-corrected chi connectivity index (χ2v) is 6.92. The zero-order valence-corrected chi connectivity index (χ0v) is 14.6.